The predicted molar refractivity (Wildman–Crippen MR) is 84.2 cm³/mol. The summed E-state index contributed by atoms with van der Waals surface area (Å²) in [6.45, 7) is 0.679. The van der Waals surface area contributed by atoms with Crippen molar-refractivity contribution in [1.82, 2.24) is 4.57 Å². The molecule has 1 aromatic carbocycles. The Bertz CT molecular complexity index is 696. The van der Waals surface area contributed by atoms with E-state index in [9.17, 15) is 10.1 Å². The first-order valence-electron chi connectivity index (χ1n) is 6.91. The summed E-state index contributed by atoms with van der Waals surface area (Å²) in [5.74, 6) is 0. The highest BCUT2D eigenvalue weighted by Gasteiger charge is 2.19. The van der Waals surface area contributed by atoms with Crippen LogP contribution in [0.15, 0.2) is 35.1 Å². The van der Waals surface area contributed by atoms with Gasteiger partial charge in [-0.1, -0.05) is 15.9 Å². The second-order valence-electron chi connectivity index (χ2n) is 5.44. The number of nitrogens with zero attached hydrogens (tertiary/aromatic N) is 2. The molecule has 0 saturated heterocycles. The average Bonchev–Trinajstić information content (AvgIpc) is 2.85. The fourth-order valence-corrected chi connectivity index (χ4v) is 3.34. The Balaban J connectivity index is 1.85. The molecule has 0 bridgehead atoms. The van der Waals surface area contributed by atoms with Crippen molar-refractivity contribution in [3.05, 3.63) is 61.9 Å². The topological polar surface area (TPSA) is 74.1 Å². The maximum Gasteiger partial charge on any atom is 0.270 e. The van der Waals surface area contributed by atoms with Crippen molar-refractivity contribution >= 4 is 21.6 Å². The summed E-state index contributed by atoms with van der Waals surface area (Å²) in [6, 6.07) is 5.01. The van der Waals surface area contributed by atoms with Gasteiger partial charge in [-0.3, -0.25) is 10.1 Å². The van der Waals surface area contributed by atoms with E-state index in [1.54, 1.807) is 12.1 Å². The minimum absolute atomic E-state index is 0.0967. The Hall–Kier alpha value is -1.66. The SMILES string of the molecule is NC1CCCc2cn(Cc3ccc([N+](=O)[O-])cc3Br)cc21. The molecule has 0 amide bonds. The third-order valence-corrected chi connectivity index (χ3v) is 4.70. The molecule has 1 aliphatic rings. The average molecular weight is 350 g/mol. The van der Waals surface area contributed by atoms with Gasteiger partial charge in [0.1, 0.15) is 0 Å². The predicted octanol–water partition coefficient (Wildman–Crippen LogP) is 3.54. The minimum Gasteiger partial charge on any atom is -0.349 e. The molecule has 2 aromatic rings. The third-order valence-electron chi connectivity index (χ3n) is 3.96. The van der Waals surface area contributed by atoms with E-state index in [1.165, 1.54) is 17.2 Å². The molecule has 1 unspecified atom stereocenters. The van der Waals surface area contributed by atoms with Gasteiger partial charge in [-0.25, -0.2) is 0 Å². The highest BCUT2D eigenvalue weighted by Crippen LogP contribution is 2.30. The fourth-order valence-electron chi connectivity index (χ4n) is 2.85. The molecule has 0 saturated carbocycles. The molecule has 2 N–H and O–H groups in total. The molecule has 6 heteroatoms. The van der Waals surface area contributed by atoms with E-state index >= 15 is 0 Å². The first kappa shape index (κ1) is 14.3. The van der Waals surface area contributed by atoms with Crippen LogP contribution in [0.4, 0.5) is 5.69 Å². The number of hydrogen-bond acceptors (Lipinski definition) is 3. The molecule has 3 rings (SSSR count). The van der Waals surface area contributed by atoms with E-state index in [0.29, 0.717) is 6.54 Å². The van der Waals surface area contributed by atoms with E-state index in [1.807, 2.05) is 0 Å². The molecule has 110 valence electrons. The number of nitro benzene ring substituents is 1. The number of halogens is 1. The van der Waals surface area contributed by atoms with Crippen LogP contribution >= 0.6 is 15.9 Å². The van der Waals surface area contributed by atoms with Crippen LogP contribution in [0.1, 0.15) is 35.6 Å². The van der Waals surface area contributed by atoms with E-state index in [0.717, 1.165) is 29.3 Å². The van der Waals surface area contributed by atoms with Gasteiger partial charge in [0.15, 0.2) is 0 Å². The summed E-state index contributed by atoms with van der Waals surface area (Å²) in [5.41, 5.74) is 9.81. The summed E-state index contributed by atoms with van der Waals surface area (Å²) in [6.07, 6.45) is 7.50. The largest absolute Gasteiger partial charge is 0.349 e. The summed E-state index contributed by atoms with van der Waals surface area (Å²) in [7, 11) is 0. The standard InChI is InChI=1S/C15H16BrN3O2/c16-14-6-12(19(20)21)5-4-11(14)8-18-7-10-2-1-3-15(17)13(10)9-18/h4-7,9,15H,1-3,8,17H2. The number of rotatable bonds is 3. The molecule has 1 aromatic heterocycles. The van der Waals surface area contributed by atoms with E-state index in [4.69, 9.17) is 5.73 Å². The van der Waals surface area contributed by atoms with Crippen molar-refractivity contribution in [1.29, 1.82) is 0 Å². The van der Waals surface area contributed by atoms with Crippen LogP contribution in [0.5, 0.6) is 0 Å². The zero-order valence-corrected chi connectivity index (χ0v) is 13.0. The van der Waals surface area contributed by atoms with Crippen molar-refractivity contribution in [3.8, 4) is 0 Å². The minimum atomic E-state index is -0.387. The smallest absolute Gasteiger partial charge is 0.270 e. The number of non-ortho nitro benzene ring substituents is 1. The van der Waals surface area contributed by atoms with E-state index in [2.05, 4.69) is 32.9 Å². The number of hydrogen-bond donors (Lipinski definition) is 1. The quantitative estimate of drug-likeness (QED) is 0.680. The maximum absolute atomic E-state index is 10.8. The van der Waals surface area contributed by atoms with Gasteiger partial charge < -0.3 is 10.3 Å². The molecule has 1 aliphatic carbocycles. The molecule has 0 aliphatic heterocycles. The Morgan fingerprint density at radius 3 is 2.90 bits per heavy atom. The Morgan fingerprint density at radius 2 is 2.24 bits per heavy atom. The first-order chi connectivity index (χ1) is 10.0. The van der Waals surface area contributed by atoms with E-state index < -0.39 is 0 Å². The second kappa shape index (κ2) is 5.61. The lowest BCUT2D eigenvalue weighted by atomic mass is 9.92. The lowest BCUT2D eigenvalue weighted by molar-refractivity contribution is -0.384. The Kier molecular flexibility index (Phi) is 3.82. The lowest BCUT2D eigenvalue weighted by Crippen LogP contribution is -2.15. The molecule has 1 atom stereocenters. The monoisotopic (exact) mass is 349 g/mol. The second-order valence-corrected chi connectivity index (χ2v) is 6.30. The van der Waals surface area contributed by atoms with Gasteiger partial charge in [0.2, 0.25) is 0 Å². The van der Waals surface area contributed by atoms with Crippen molar-refractivity contribution in [2.75, 3.05) is 0 Å². The molecular formula is C15H16BrN3O2. The van der Waals surface area contributed by atoms with E-state index in [-0.39, 0.29) is 16.7 Å². The number of aromatic nitrogens is 1. The van der Waals surface area contributed by atoms with Crippen molar-refractivity contribution in [3.63, 3.8) is 0 Å². The number of nitro groups is 1. The first-order valence-corrected chi connectivity index (χ1v) is 7.71. The van der Waals surface area contributed by atoms with Crippen LogP contribution in [0.2, 0.25) is 0 Å². The summed E-state index contributed by atoms with van der Waals surface area (Å²) in [4.78, 5) is 10.4. The molecule has 0 fully saturated rings. The number of aryl methyl sites for hydroxylation is 1. The third kappa shape index (κ3) is 2.87. The normalized spacial score (nSPS) is 17.5. The van der Waals surface area contributed by atoms with Crippen molar-refractivity contribution in [2.45, 2.75) is 31.8 Å². The summed E-state index contributed by atoms with van der Waals surface area (Å²) in [5, 5.41) is 10.8. The van der Waals surface area contributed by atoms with Gasteiger partial charge in [0.25, 0.3) is 5.69 Å². The van der Waals surface area contributed by atoms with Crippen LogP contribution in [0.3, 0.4) is 0 Å². The molecule has 21 heavy (non-hydrogen) atoms. The van der Waals surface area contributed by atoms with Crippen LogP contribution in [0, 0.1) is 10.1 Å². The van der Waals surface area contributed by atoms with Crippen LogP contribution in [0.25, 0.3) is 0 Å². The van der Waals surface area contributed by atoms with Crippen molar-refractivity contribution in [2.24, 2.45) is 5.73 Å². The van der Waals surface area contributed by atoms with Crippen LogP contribution in [-0.2, 0) is 13.0 Å². The number of benzene rings is 1. The van der Waals surface area contributed by atoms with Gasteiger partial charge in [0.05, 0.1) is 4.92 Å². The van der Waals surface area contributed by atoms with Crippen LogP contribution < -0.4 is 5.73 Å². The van der Waals surface area contributed by atoms with Gasteiger partial charge in [-0.05, 0) is 42.0 Å². The maximum atomic E-state index is 10.8. The highest BCUT2D eigenvalue weighted by molar-refractivity contribution is 9.10. The highest BCUT2D eigenvalue weighted by atomic mass is 79.9. The number of nitrogens with two attached hydrogens (primary N) is 1. The van der Waals surface area contributed by atoms with Crippen molar-refractivity contribution < 1.29 is 4.92 Å². The molecule has 0 radical (unpaired) electrons. The summed E-state index contributed by atoms with van der Waals surface area (Å²) < 4.78 is 2.87. The molecule has 1 heterocycles. The van der Waals surface area contributed by atoms with Gasteiger partial charge >= 0.3 is 0 Å². The molecule has 5 nitrogen and oxygen atoms in total. The van der Waals surface area contributed by atoms with Gasteiger partial charge in [-0.15, -0.1) is 0 Å². The summed E-state index contributed by atoms with van der Waals surface area (Å²) >= 11 is 3.41. The van der Waals surface area contributed by atoms with Gasteiger partial charge in [-0.2, -0.15) is 0 Å². The zero-order valence-electron chi connectivity index (χ0n) is 11.5. The Morgan fingerprint density at radius 1 is 1.43 bits per heavy atom. The fraction of sp³-hybridized carbons (Fsp3) is 0.333. The van der Waals surface area contributed by atoms with Gasteiger partial charge in [0, 0.05) is 41.6 Å². The lowest BCUT2D eigenvalue weighted by Gasteiger charge is -2.17. The number of fused-ring (bicyclic) bond motifs is 1. The zero-order chi connectivity index (χ0) is 15.0. The Labute approximate surface area is 131 Å². The van der Waals surface area contributed by atoms with Crippen LogP contribution in [-0.4, -0.2) is 9.49 Å². The molecule has 0 spiro atoms. The molecular weight excluding hydrogens is 334 g/mol.